The molecule has 0 N–H and O–H groups in total. The second kappa shape index (κ2) is 2.71. The van der Waals surface area contributed by atoms with Crippen molar-refractivity contribution < 1.29 is 0 Å². The van der Waals surface area contributed by atoms with Gasteiger partial charge in [-0.2, -0.15) is 0 Å². The lowest BCUT2D eigenvalue weighted by Gasteiger charge is -2.10. The fraction of sp³-hybridized carbons (Fsp3) is 0.500. The average molecular weight is 108 g/mol. The SMILES string of the molecule is CC=CCC1=CCC1. The zero-order valence-electron chi connectivity index (χ0n) is 5.35. The van der Waals surface area contributed by atoms with E-state index in [-0.39, 0.29) is 0 Å². The van der Waals surface area contributed by atoms with Gasteiger partial charge >= 0.3 is 0 Å². The molecule has 1 rings (SSSR count). The molecule has 0 radical (unpaired) electrons. The Morgan fingerprint density at radius 3 is 2.88 bits per heavy atom. The zero-order chi connectivity index (χ0) is 5.82. The van der Waals surface area contributed by atoms with E-state index in [1.54, 1.807) is 5.57 Å². The van der Waals surface area contributed by atoms with Crippen LogP contribution >= 0.6 is 0 Å². The highest BCUT2D eigenvalue weighted by molar-refractivity contribution is 5.15. The van der Waals surface area contributed by atoms with Crippen LogP contribution in [0.4, 0.5) is 0 Å². The largest absolute Gasteiger partial charge is 0.0913 e. The third-order valence-corrected chi connectivity index (χ3v) is 1.51. The number of allylic oxidation sites excluding steroid dienone is 4. The molecule has 0 bridgehead atoms. The number of hydrogen-bond donors (Lipinski definition) is 0. The van der Waals surface area contributed by atoms with Gasteiger partial charge in [0.25, 0.3) is 0 Å². The van der Waals surface area contributed by atoms with E-state index in [2.05, 4.69) is 25.2 Å². The second-order valence-electron chi connectivity index (χ2n) is 2.17. The van der Waals surface area contributed by atoms with Crippen LogP contribution in [0.2, 0.25) is 0 Å². The first kappa shape index (κ1) is 5.61. The molecule has 8 heavy (non-hydrogen) atoms. The van der Waals surface area contributed by atoms with Gasteiger partial charge in [-0.3, -0.25) is 0 Å². The van der Waals surface area contributed by atoms with Crippen LogP contribution in [0.5, 0.6) is 0 Å². The minimum Gasteiger partial charge on any atom is -0.0913 e. The molecular formula is C8H12. The van der Waals surface area contributed by atoms with Gasteiger partial charge < -0.3 is 0 Å². The van der Waals surface area contributed by atoms with Gasteiger partial charge in [-0.15, -0.1) is 0 Å². The van der Waals surface area contributed by atoms with Gasteiger partial charge in [0.15, 0.2) is 0 Å². The molecule has 0 aromatic rings. The molecule has 1 aliphatic carbocycles. The molecule has 0 aromatic heterocycles. The fourth-order valence-corrected chi connectivity index (χ4v) is 0.803. The summed E-state index contributed by atoms with van der Waals surface area (Å²) in [6, 6.07) is 0. The summed E-state index contributed by atoms with van der Waals surface area (Å²) in [5, 5.41) is 0. The summed E-state index contributed by atoms with van der Waals surface area (Å²) in [7, 11) is 0. The highest BCUT2D eigenvalue weighted by Gasteiger charge is 2.01. The third-order valence-electron chi connectivity index (χ3n) is 1.51. The Balaban J connectivity index is 2.19. The maximum Gasteiger partial charge on any atom is -0.0139 e. The summed E-state index contributed by atoms with van der Waals surface area (Å²) < 4.78 is 0. The molecule has 0 unspecified atom stereocenters. The molecule has 44 valence electrons. The highest BCUT2D eigenvalue weighted by atomic mass is 14.1. The van der Waals surface area contributed by atoms with Crippen LogP contribution in [0.3, 0.4) is 0 Å². The van der Waals surface area contributed by atoms with Crippen molar-refractivity contribution in [3.63, 3.8) is 0 Å². The minimum absolute atomic E-state index is 1.19. The topological polar surface area (TPSA) is 0 Å². The summed E-state index contributed by atoms with van der Waals surface area (Å²) in [6.07, 6.45) is 10.5. The van der Waals surface area contributed by atoms with E-state index in [4.69, 9.17) is 0 Å². The van der Waals surface area contributed by atoms with Gasteiger partial charge in [-0.05, 0) is 26.2 Å². The predicted octanol–water partition coefficient (Wildman–Crippen LogP) is 2.67. The molecule has 0 heterocycles. The molecule has 0 saturated heterocycles. The molecule has 0 fully saturated rings. The van der Waals surface area contributed by atoms with Crippen molar-refractivity contribution in [2.24, 2.45) is 0 Å². The van der Waals surface area contributed by atoms with Crippen LogP contribution in [-0.2, 0) is 0 Å². The predicted molar refractivity (Wildman–Crippen MR) is 36.7 cm³/mol. The Kier molecular flexibility index (Phi) is 1.90. The quantitative estimate of drug-likeness (QED) is 0.477. The lowest BCUT2D eigenvalue weighted by molar-refractivity contribution is 0.840. The van der Waals surface area contributed by atoms with Crippen molar-refractivity contribution in [3.05, 3.63) is 23.8 Å². The lowest BCUT2D eigenvalue weighted by Crippen LogP contribution is -1.90. The van der Waals surface area contributed by atoms with Crippen molar-refractivity contribution in [1.29, 1.82) is 0 Å². The fourth-order valence-electron chi connectivity index (χ4n) is 0.803. The van der Waals surface area contributed by atoms with Gasteiger partial charge in [0.1, 0.15) is 0 Å². The molecule has 0 spiro atoms. The Hall–Kier alpha value is -0.520. The first-order valence-electron chi connectivity index (χ1n) is 3.22. The van der Waals surface area contributed by atoms with Gasteiger partial charge in [-0.25, -0.2) is 0 Å². The monoisotopic (exact) mass is 108 g/mol. The molecule has 0 heteroatoms. The van der Waals surface area contributed by atoms with Crippen LogP contribution in [0.15, 0.2) is 23.8 Å². The Bertz CT molecular complexity index is 118. The summed E-state index contributed by atoms with van der Waals surface area (Å²) >= 11 is 0. The van der Waals surface area contributed by atoms with Crippen LogP contribution in [0.1, 0.15) is 26.2 Å². The maximum absolute atomic E-state index is 2.32. The number of hydrogen-bond acceptors (Lipinski definition) is 0. The smallest absolute Gasteiger partial charge is 0.0139 e. The third kappa shape index (κ3) is 1.22. The molecular weight excluding hydrogens is 96.1 g/mol. The standard InChI is InChI=1S/C8H12/c1-2-3-5-8-6-4-7-8/h2-3,6H,4-5,7H2,1H3. The van der Waals surface area contributed by atoms with E-state index in [1.807, 2.05) is 0 Å². The van der Waals surface area contributed by atoms with Gasteiger partial charge in [0, 0.05) is 0 Å². The molecule has 0 saturated carbocycles. The van der Waals surface area contributed by atoms with Crippen molar-refractivity contribution in [2.75, 3.05) is 0 Å². The van der Waals surface area contributed by atoms with E-state index >= 15 is 0 Å². The summed E-state index contributed by atoms with van der Waals surface area (Å²) in [5.41, 5.74) is 1.61. The molecule has 0 amide bonds. The van der Waals surface area contributed by atoms with Crippen molar-refractivity contribution in [3.8, 4) is 0 Å². The maximum atomic E-state index is 2.32. The van der Waals surface area contributed by atoms with E-state index < -0.39 is 0 Å². The van der Waals surface area contributed by atoms with Gasteiger partial charge in [0.05, 0.1) is 0 Å². The highest BCUT2D eigenvalue weighted by Crippen LogP contribution is 2.20. The van der Waals surface area contributed by atoms with E-state index in [1.165, 1.54) is 19.3 Å². The Labute approximate surface area is 50.9 Å². The summed E-state index contributed by atoms with van der Waals surface area (Å²) in [4.78, 5) is 0. The van der Waals surface area contributed by atoms with Crippen LogP contribution in [0, 0.1) is 0 Å². The van der Waals surface area contributed by atoms with Crippen molar-refractivity contribution in [2.45, 2.75) is 26.2 Å². The second-order valence-corrected chi connectivity index (χ2v) is 2.17. The Morgan fingerprint density at radius 2 is 2.50 bits per heavy atom. The lowest BCUT2D eigenvalue weighted by atomic mass is 9.96. The van der Waals surface area contributed by atoms with E-state index in [0.717, 1.165) is 0 Å². The molecule has 0 aliphatic heterocycles. The van der Waals surface area contributed by atoms with Crippen LogP contribution in [0.25, 0.3) is 0 Å². The van der Waals surface area contributed by atoms with Crippen LogP contribution in [-0.4, -0.2) is 0 Å². The normalized spacial score (nSPS) is 18.4. The first-order valence-corrected chi connectivity index (χ1v) is 3.22. The average Bonchev–Trinajstić information content (AvgIpc) is 1.63. The molecule has 0 atom stereocenters. The van der Waals surface area contributed by atoms with E-state index in [0.29, 0.717) is 0 Å². The molecule has 0 aromatic carbocycles. The van der Waals surface area contributed by atoms with Gasteiger partial charge in [0.2, 0.25) is 0 Å². The number of rotatable bonds is 2. The molecule has 0 nitrogen and oxygen atoms in total. The first-order chi connectivity index (χ1) is 3.93. The minimum atomic E-state index is 1.19. The van der Waals surface area contributed by atoms with E-state index in [9.17, 15) is 0 Å². The van der Waals surface area contributed by atoms with Crippen molar-refractivity contribution in [1.82, 2.24) is 0 Å². The summed E-state index contributed by atoms with van der Waals surface area (Å²) in [6.45, 7) is 2.07. The zero-order valence-corrected chi connectivity index (χ0v) is 5.35. The summed E-state index contributed by atoms with van der Waals surface area (Å²) in [5.74, 6) is 0. The van der Waals surface area contributed by atoms with Crippen molar-refractivity contribution >= 4 is 0 Å². The van der Waals surface area contributed by atoms with Gasteiger partial charge in [-0.1, -0.05) is 23.8 Å². The molecule has 1 aliphatic rings. The Morgan fingerprint density at radius 1 is 1.75 bits per heavy atom. The van der Waals surface area contributed by atoms with Crippen LogP contribution < -0.4 is 0 Å².